The number of hydrogen-bond acceptors (Lipinski definition) is 5. The summed E-state index contributed by atoms with van der Waals surface area (Å²) in [4.78, 5) is 7.12. The molecule has 0 aromatic heterocycles. The summed E-state index contributed by atoms with van der Waals surface area (Å²) in [6.07, 6.45) is 7.51. The molecule has 0 aliphatic carbocycles. The van der Waals surface area contributed by atoms with Gasteiger partial charge in [0.1, 0.15) is 9.84 Å². The first kappa shape index (κ1) is 20.5. The van der Waals surface area contributed by atoms with E-state index in [-0.39, 0.29) is 12.4 Å². The van der Waals surface area contributed by atoms with E-state index >= 15 is 0 Å². The molecule has 2 unspecified atom stereocenters. The van der Waals surface area contributed by atoms with Crippen molar-refractivity contribution in [1.29, 1.82) is 0 Å². The molecular formula is C17H34N4O3S. The molecule has 25 heavy (non-hydrogen) atoms. The van der Waals surface area contributed by atoms with Crippen molar-refractivity contribution in [2.45, 2.75) is 57.2 Å². The highest BCUT2D eigenvalue weighted by molar-refractivity contribution is 7.90. The average molecular weight is 375 g/mol. The third-order valence-corrected chi connectivity index (χ3v) is 6.04. The Balaban J connectivity index is 1.76. The third kappa shape index (κ3) is 7.11. The number of rotatable bonds is 8. The molecule has 2 N–H and O–H groups in total. The molecule has 2 fully saturated rings. The first-order valence-corrected chi connectivity index (χ1v) is 11.5. The van der Waals surface area contributed by atoms with E-state index in [0.29, 0.717) is 31.3 Å². The lowest BCUT2D eigenvalue weighted by atomic mass is 9.82. The minimum Gasteiger partial charge on any atom is -0.378 e. The molecule has 2 aliphatic heterocycles. The number of hydrogen-bond donors (Lipinski definition) is 2. The summed E-state index contributed by atoms with van der Waals surface area (Å²) in [5.74, 6) is 0.898. The van der Waals surface area contributed by atoms with Gasteiger partial charge in [-0.25, -0.2) is 8.42 Å². The van der Waals surface area contributed by atoms with E-state index in [1.54, 1.807) is 0 Å². The fourth-order valence-electron chi connectivity index (χ4n) is 3.78. The second-order valence-electron chi connectivity index (χ2n) is 7.22. The molecule has 2 saturated heterocycles. The quantitative estimate of drug-likeness (QED) is 0.368. The minimum absolute atomic E-state index is 0.0629. The lowest BCUT2D eigenvalue weighted by Crippen LogP contribution is -2.56. The van der Waals surface area contributed by atoms with Gasteiger partial charge in [0.15, 0.2) is 5.96 Å². The summed E-state index contributed by atoms with van der Waals surface area (Å²) in [5, 5.41) is 6.88. The Labute approximate surface area is 152 Å². The second-order valence-corrected chi connectivity index (χ2v) is 9.48. The first-order valence-electron chi connectivity index (χ1n) is 9.41. The highest BCUT2D eigenvalue weighted by Gasteiger charge is 2.36. The van der Waals surface area contributed by atoms with E-state index in [2.05, 4.69) is 34.5 Å². The molecule has 2 rings (SSSR count). The molecule has 7 nitrogen and oxygen atoms in total. The van der Waals surface area contributed by atoms with E-state index in [0.717, 1.165) is 12.5 Å². The molecule has 2 heterocycles. The van der Waals surface area contributed by atoms with Crippen LogP contribution in [0.3, 0.4) is 0 Å². The Morgan fingerprint density at radius 2 is 1.92 bits per heavy atom. The maximum Gasteiger partial charge on any atom is 0.191 e. The molecule has 2 atom stereocenters. The van der Waals surface area contributed by atoms with Crippen LogP contribution in [0.5, 0.6) is 0 Å². The van der Waals surface area contributed by atoms with Gasteiger partial charge in [-0.3, -0.25) is 4.99 Å². The van der Waals surface area contributed by atoms with Gasteiger partial charge < -0.3 is 20.3 Å². The largest absolute Gasteiger partial charge is 0.378 e. The summed E-state index contributed by atoms with van der Waals surface area (Å²) in [5.41, 5.74) is 0. The predicted octanol–water partition coefficient (Wildman–Crippen LogP) is 0.618. The van der Waals surface area contributed by atoms with Crippen LogP contribution in [0.2, 0.25) is 0 Å². The molecule has 0 spiro atoms. The van der Waals surface area contributed by atoms with Gasteiger partial charge in [0.25, 0.3) is 0 Å². The van der Waals surface area contributed by atoms with Crippen LogP contribution in [0, 0.1) is 0 Å². The number of nitrogens with zero attached hydrogens (tertiary/aromatic N) is 2. The zero-order chi connectivity index (χ0) is 18.3. The van der Waals surface area contributed by atoms with Crippen molar-refractivity contribution in [3.05, 3.63) is 0 Å². The maximum absolute atomic E-state index is 11.1. The van der Waals surface area contributed by atoms with Gasteiger partial charge in [-0.1, -0.05) is 6.42 Å². The SMILES string of the molecule is CCNC(=NCCOCCS(C)(=O)=O)NC1CC2CCCC(C1)N2C. The molecule has 2 bridgehead atoms. The average Bonchev–Trinajstić information content (AvgIpc) is 2.50. The van der Waals surface area contributed by atoms with Crippen molar-refractivity contribution in [2.24, 2.45) is 4.99 Å². The summed E-state index contributed by atoms with van der Waals surface area (Å²) in [6, 6.07) is 1.84. The Morgan fingerprint density at radius 1 is 1.24 bits per heavy atom. The molecule has 146 valence electrons. The van der Waals surface area contributed by atoms with E-state index < -0.39 is 9.84 Å². The van der Waals surface area contributed by atoms with Gasteiger partial charge >= 0.3 is 0 Å². The number of piperidine rings is 2. The van der Waals surface area contributed by atoms with Crippen molar-refractivity contribution in [3.63, 3.8) is 0 Å². The van der Waals surface area contributed by atoms with Crippen LogP contribution >= 0.6 is 0 Å². The monoisotopic (exact) mass is 374 g/mol. The van der Waals surface area contributed by atoms with E-state index in [1.807, 2.05) is 0 Å². The van der Waals surface area contributed by atoms with Crippen LogP contribution in [0.1, 0.15) is 39.0 Å². The lowest BCUT2D eigenvalue weighted by molar-refractivity contribution is 0.0526. The van der Waals surface area contributed by atoms with Gasteiger partial charge in [0, 0.05) is 30.9 Å². The fourth-order valence-corrected chi connectivity index (χ4v) is 4.20. The topological polar surface area (TPSA) is 83.0 Å². The number of fused-ring (bicyclic) bond motifs is 2. The Kier molecular flexibility index (Phi) is 7.96. The van der Waals surface area contributed by atoms with Crippen LogP contribution in [-0.2, 0) is 14.6 Å². The van der Waals surface area contributed by atoms with Gasteiger partial charge in [-0.15, -0.1) is 0 Å². The molecule has 2 aliphatic rings. The number of aliphatic imine (C=N–C) groups is 1. The Morgan fingerprint density at radius 3 is 2.52 bits per heavy atom. The van der Waals surface area contributed by atoms with E-state index in [1.165, 1.54) is 38.4 Å². The van der Waals surface area contributed by atoms with Gasteiger partial charge in [0.2, 0.25) is 0 Å². The zero-order valence-electron chi connectivity index (χ0n) is 15.8. The smallest absolute Gasteiger partial charge is 0.191 e. The van der Waals surface area contributed by atoms with Crippen molar-refractivity contribution < 1.29 is 13.2 Å². The lowest BCUT2D eigenvalue weighted by Gasteiger charge is -2.47. The summed E-state index contributed by atoms with van der Waals surface area (Å²) in [7, 11) is -0.695. The molecule has 0 amide bonds. The van der Waals surface area contributed by atoms with Gasteiger partial charge in [0.05, 0.1) is 25.5 Å². The highest BCUT2D eigenvalue weighted by Crippen LogP contribution is 2.32. The molecule has 8 heteroatoms. The van der Waals surface area contributed by atoms with E-state index in [9.17, 15) is 8.42 Å². The zero-order valence-corrected chi connectivity index (χ0v) is 16.6. The van der Waals surface area contributed by atoms with Crippen LogP contribution in [0.15, 0.2) is 4.99 Å². The van der Waals surface area contributed by atoms with Crippen molar-refractivity contribution in [1.82, 2.24) is 15.5 Å². The molecule has 0 saturated carbocycles. The summed E-state index contributed by atoms with van der Waals surface area (Å²) in [6.45, 7) is 4.07. The standard InChI is InChI=1S/C17H34N4O3S/c1-4-18-17(19-8-9-24-10-11-25(3,22)23)20-14-12-15-6-5-7-16(13-14)21(15)2/h14-16H,4-13H2,1-3H3,(H2,18,19,20). The number of nitrogens with one attached hydrogen (secondary N) is 2. The number of ether oxygens (including phenoxy) is 1. The first-order chi connectivity index (χ1) is 11.9. The van der Waals surface area contributed by atoms with Gasteiger partial charge in [-0.2, -0.15) is 0 Å². The van der Waals surface area contributed by atoms with E-state index in [4.69, 9.17) is 4.74 Å². The second kappa shape index (κ2) is 9.73. The third-order valence-electron chi connectivity index (χ3n) is 5.13. The van der Waals surface area contributed by atoms with Crippen molar-refractivity contribution >= 4 is 15.8 Å². The molecule has 0 aromatic carbocycles. The molecule has 0 aromatic rings. The van der Waals surface area contributed by atoms with Crippen LogP contribution in [0.4, 0.5) is 0 Å². The van der Waals surface area contributed by atoms with Crippen LogP contribution in [0.25, 0.3) is 0 Å². The van der Waals surface area contributed by atoms with Crippen molar-refractivity contribution in [3.8, 4) is 0 Å². The van der Waals surface area contributed by atoms with Gasteiger partial charge in [-0.05, 0) is 39.7 Å². The maximum atomic E-state index is 11.1. The Hall–Kier alpha value is -0.860. The number of guanidine groups is 1. The van der Waals surface area contributed by atoms with Crippen LogP contribution in [-0.4, -0.2) is 82.8 Å². The predicted molar refractivity (Wildman–Crippen MR) is 102 cm³/mol. The van der Waals surface area contributed by atoms with Crippen LogP contribution < -0.4 is 10.6 Å². The fraction of sp³-hybridized carbons (Fsp3) is 0.941. The summed E-state index contributed by atoms with van der Waals surface area (Å²) >= 11 is 0. The normalized spacial score (nSPS) is 28.0. The highest BCUT2D eigenvalue weighted by atomic mass is 32.2. The van der Waals surface area contributed by atoms with Crippen molar-refractivity contribution in [2.75, 3.05) is 45.4 Å². The Bertz CT molecular complexity index is 524. The molecule has 0 radical (unpaired) electrons. The minimum atomic E-state index is -2.96. The number of sulfone groups is 1. The molecular weight excluding hydrogens is 340 g/mol. The summed E-state index contributed by atoms with van der Waals surface area (Å²) < 4.78 is 27.5.